The summed E-state index contributed by atoms with van der Waals surface area (Å²) in [6, 6.07) is 22.2. The van der Waals surface area contributed by atoms with Gasteiger partial charge < -0.3 is 4.98 Å². The van der Waals surface area contributed by atoms with Gasteiger partial charge in [-0.05, 0) is 55.3 Å². The molecular formula is C22H21N3O2S. The van der Waals surface area contributed by atoms with Crippen LogP contribution in [0.25, 0.3) is 11.0 Å². The molecule has 4 rings (SSSR count). The number of fused-ring (bicyclic) bond motifs is 1. The van der Waals surface area contributed by atoms with E-state index in [2.05, 4.69) is 14.7 Å². The van der Waals surface area contributed by atoms with Crippen LogP contribution in [-0.2, 0) is 22.9 Å². The van der Waals surface area contributed by atoms with Gasteiger partial charge in [-0.3, -0.25) is 4.72 Å². The summed E-state index contributed by atoms with van der Waals surface area (Å²) in [6.07, 6.45) is 1.52. The number of sulfonamides is 1. The van der Waals surface area contributed by atoms with Gasteiger partial charge in [-0.25, -0.2) is 13.4 Å². The number of nitrogens with one attached hydrogen (secondary N) is 2. The molecule has 2 N–H and O–H groups in total. The lowest BCUT2D eigenvalue weighted by molar-refractivity contribution is 0.601. The largest absolute Gasteiger partial charge is 0.342 e. The Morgan fingerprint density at radius 2 is 1.71 bits per heavy atom. The molecule has 1 heterocycles. The van der Waals surface area contributed by atoms with Gasteiger partial charge in [-0.2, -0.15) is 0 Å². The molecule has 0 saturated heterocycles. The number of imidazole rings is 1. The third-order valence-electron chi connectivity index (χ3n) is 4.60. The number of H-pyrrole nitrogens is 1. The van der Waals surface area contributed by atoms with E-state index in [1.54, 1.807) is 30.3 Å². The zero-order chi connectivity index (χ0) is 19.6. The van der Waals surface area contributed by atoms with E-state index in [1.165, 1.54) is 0 Å². The number of rotatable bonds is 6. The molecule has 0 amide bonds. The summed E-state index contributed by atoms with van der Waals surface area (Å²) in [5, 5.41) is 0. The van der Waals surface area contributed by atoms with E-state index < -0.39 is 10.0 Å². The summed E-state index contributed by atoms with van der Waals surface area (Å²) in [5.41, 5.74) is 4.60. The normalized spacial score (nSPS) is 11.6. The number of para-hydroxylation sites is 2. The summed E-state index contributed by atoms with van der Waals surface area (Å²) < 4.78 is 27.8. The molecule has 0 spiro atoms. The van der Waals surface area contributed by atoms with Crippen LogP contribution in [0.15, 0.2) is 77.7 Å². The zero-order valence-corrected chi connectivity index (χ0v) is 16.3. The molecule has 6 heteroatoms. The van der Waals surface area contributed by atoms with E-state index >= 15 is 0 Å². The molecule has 0 atom stereocenters. The number of aryl methyl sites for hydroxylation is 3. The molecule has 0 bridgehead atoms. The van der Waals surface area contributed by atoms with Crippen molar-refractivity contribution in [2.45, 2.75) is 24.7 Å². The van der Waals surface area contributed by atoms with E-state index in [0.29, 0.717) is 5.69 Å². The number of aromatic nitrogens is 2. The van der Waals surface area contributed by atoms with Crippen molar-refractivity contribution in [2.75, 3.05) is 4.72 Å². The average molecular weight is 391 g/mol. The highest BCUT2D eigenvalue weighted by molar-refractivity contribution is 7.92. The van der Waals surface area contributed by atoms with E-state index in [4.69, 9.17) is 0 Å². The van der Waals surface area contributed by atoms with Gasteiger partial charge >= 0.3 is 0 Å². The molecule has 28 heavy (non-hydrogen) atoms. The van der Waals surface area contributed by atoms with Gasteiger partial charge in [0.1, 0.15) is 5.82 Å². The minimum absolute atomic E-state index is 0.255. The summed E-state index contributed by atoms with van der Waals surface area (Å²) in [5.74, 6) is 0.923. The predicted molar refractivity (Wildman–Crippen MR) is 112 cm³/mol. The number of anilines is 1. The number of nitrogens with zero attached hydrogens (tertiary/aromatic N) is 1. The fourth-order valence-electron chi connectivity index (χ4n) is 3.11. The molecule has 0 unspecified atom stereocenters. The first-order chi connectivity index (χ1) is 13.5. The molecule has 0 fully saturated rings. The molecule has 3 aromatic carbocycles. The minimum Gasteiger partial charge on any atom is -0.342 e. The number of hydrogen-bond donors (Lipinski definition) is 2. The van der Waals surface area contributed by atoms with Crippen molar-refractivity contribution in [3.05, 3.63) is 89.7 Å². The number of aromatic amines is 1. The van der Waals surface area contributed by atoms with Crippen molar-refractivity contribution < 1.29 is 8.42 Å². The van der Waals surface area contributed by atoms with Crippen LogP contribution >= 0.6 is 0 Å². The maximum absolute atomic E-state index is 12.6. The number of hydrogen-bond acceptors (Lipinski definition) is 3. The number of benzene rings is 3. The molecule has 4 aromatic rings. The Balaban J connectivity index is 1.47. The molecule has 0 radical (unpaired) electrons. The minimum atomic E-state index is -3.60. The first-order valence-corrected chi connectivity index (χ1v) is 10.6. The van der Waals surface area contributed by atoms with Crippen LogP contribution in [-0.4, -0.2) is 18.4 Å². The Kier molecular flexibility index (Phi) is 4.88. The van der Waals surface area contributed by atoms with Crippen molar-refractivity contribution >= 4 is 26.7 Å². The van der Waals surface area contributed by atoms with Crippen LogP contribution < -0.4 is 4.72 Å². The summed E-state index contributed by atoms with van der Waals surface area (Å²) in [7, 11) is -3.60. The monoisotopic (exact) mass is 391 g/mol. The van der Waals surface area contributed by atoms with Crippen LogP contribution in [0.5, 0.6) is 0 Å². The lowest BCUT2D eigenvalue weighted by atomic mass is 10.1. The van der Waals surface area contributed by atoms with Crippen LogP contribution in [0.4, 0.5) is 5.69 Å². The van der Waals surface area contributed by atoms with E-state index in [9.17, 15) is 8.42 Å². The average Bonchev–Trinajstić information content (AvgIpc) is 3.10. The second-order valence-electron chi connectivity index (χ2n) is 6.82. The Labute approximate surface area is 164 Å². The van der Waals surface area contributed by atoms with Crippen LogP contribution in [0.3, 0.4) is 0 Å². The maximum atomic E-state index is 12.6. The molecule has 1 aromatic heterocycles. The Morgan fingerprint density at radius 3 is 2.50 bits per heavy atom. The highest BCUT2D eigenvalue weighted by Crippen LogP contribution is 2.19. The van der Waals surface area contributed by atoms with E-state index in [1.807, 2.05) is 49.4 Å². The van der Waals surface area contributed by atoms with E-state index in [0.717, 1.165) is 40.8 Å². The first kappa shape index (κ1) is 18.3. The van der Waals surface area contributed by atoms with Gasteiger partial charge in [-0.15, -0.1) is 0 Å². The second kappa shape index (κ2) is 7.48. The van der Waals surface area contributed by atoms with Crippen LogP contribution in [0.1, 0.15) is 17.0 Å². The third kappa shape index (κ3) is 4.07. The topological polar surface area (TPSA) is 74.8 Å². The molecule has 0 aliphatic heterocycles. The fraction of sp³-hybridized carbons (Fsp3) is 0.136. The van der Waals surface area contributed by atoms with Crippen molar-refractivity contribution in [1.82, 2.24) is 9.97 Å². The van der Waals surface area contributed by atoms with Gasteiger partial charge in [0.05, 0.1) is 15.9 Å². The second-order valence-corrected chi connectivity index (χ2v) is 8.50. The molecule has 0 aliphatic rings. The summed E-state index contributed by atoms with van der Waals surface area (Å²) >= 11 is 0. The quantitative estimate of drug-likeness (QED) is 0.510. The van der Waals surface area contributed by atoms with E-state index in [-0.39, 0.29) is 4.90 Å². The zero-order valence-electron chi connectivity index (χ0n) is 15.5. The summed E-state index contributed by atoms with van der Waals surface area (Å²) in [6.45, 7) is 1.93. The predicted octanol–water partition coefficient (Wildman–Crippen LogP) is 4.46. The van der Waals surface area contributed by atoms with Gasteiger partial charge in [-0.1, -0.05) is 42.0 Å². The molecule has 0 saturated carbocycles. The Bertz CT molecular complexity index is 1180. The standard InChI is InChI=1S/C22H21N3O2S/c1-16-9-12-19(13-10-16)28(26,27)25-18-6-4-5-17(15-18)11-14-22-23-20-7-2-3-8-21(20)24-22/h2-10,12-13,15,25H,11,14H2,1H3,(H,23,24). The van der Waals surface area contributed by atoms with Crippen LogP contribution in [0, 0.1) is 6.92 Å². The lowest BCUT2D eigenvalue weighted by Gasteiger charge is -2.10. The maximum Gasteiger partial charge on any atom is 0.261 e. The molecule has 5 nitrogen and oxygen atoms in total. The Hall–Kier alpha value is -3.12. The summed E-state index contributed by atoms with van der Waals surface area (Å²) in [4.78, 5) is 8.17. The van der Waals surface area contributed by atoms with Gasteiger partial charge in [0.25, 0.3) is 10.0 Å². The smallest absolute Gasteiger partial charge is 0.261 e. The first-order valence-electron chi connectivity index (χ1n) is 9.12. The van der Waals surface area contributed by atoms with Gasteiger partial charge in [0.15, 0.2) is 0 Å². The van der Waals surface area contributed by atoms with Crippen molar-refractivity contribution in [1.29, 1.82) is 0 Å². The van der Waals surface area contributed by atoms with Crippen LogP contribution in [0.2, 0.25) is 0 Å². The SMILES string of the molecule is Cc1ccc(S(=O)(=O)Nc2cccc(CCc3nc4ccccc4[nH]3)c2)cc1. The highest BCUT2D eigenvalue weighted by Gasteiger charge is 2.14. The lowest BCUT2D eigenvalue weighted by Crippen LogP contribution is -2.13. The van der Waals surface area contributed by atoms with Crippen molar-refractivity contribution in [3.8, 4) is 0 Å². The fourth-order valence-corrected chi connectivity index (χ4v) is 4.16. The van der Waals surface area contributed by atoms with Crippen molar-refractivity contribution in [2.24, 2.45) is 0 Å². The third-order valence-corrected chi connectivity index (χ3v) is 6.00. The van der Waals surface area contributed by atoms with Gasteiger partial charge in [0, 0.05) is 12.1 Å². The molecular weight excluding hydrogens is 370 g/mol. The Morgan fingerprint density at radius 1 is 0.929 bits per heavy atom. The van der Waals surface area contributed by atoms with Crippen molar-refractivity contribution in [3.63, 3.8) is 0 Å². The molecule has 142 valence electrons. The highest BCUT2D eigenvalue weighted by atomic mass is 32.2. The molecule has 0 aliphatic carbocycles. The van der Waals surface area contributed by atoms with Gasteiger partial charge in [0.2, 0.25) is 0 Å².